The molecule has 0 aromatic carbocycles. The van der Waals surface area contributed by atoms with Gasteiger partial charge < -0.3 is 9.64 Å². The Kier molecular flexibility index (Phi) is 5.61. The first-order valence-corrected chi connectivity index (χ1v) is 9.70. The van der Waals surface area contributed by atoms with Crippen LogP contribution in [-0.4, -0.2) is 36.3 Å². The van der Waals surface area contributed by atoms with Crippen molar-refractivity contribution in [2.75, 3.05) is 31.2 Å². The van der Waals surface area contributed by atoms with E-state index < -0.39 is 0 Å². The molecule has 4 nitrogen and oxygen atoms in total. The summed E-state index contributed by atoms with van der Waals surface area (Å²) in [7, 11) is 0. The van der Waals surface area contributed by atoms with Gasteiger partial charge in [0.1, 0.15) is 5.82 Å². The highest BCUT2D eigenvalue weighted by Gasteiger charge is 2.22. The van der Waals surface area contributed by atoms with Crippen molar-refractivity contribution >= 4 is 5.82 Å². The number of hydrogen-bond donors (Lipinski definition) is 0. The van der Waals surface area contributed by atoms with Crippen LogP contribution < -0.4 is 4.90 Å². The number of pyridine rings is 2. The lowest BCUT2D eigenvalue weighted by molar-refractivity contribution is 0.122. The third kappa shape index (κ3) is 3.61. The summed E-state index contributed by atoms with van der Waals surface area (Å²) in [6.07, 6.45) is 1.94. The molecule has 0 saturated carbocycles. The van der Waals surface area contributed by atoms with Crippen molar-refractivity contribution in [2.45, 2.75) is 53.4 Å². The molecule has 1 aliphatic rings. The fourth-order valence-corrected chi connectivity index (χ4v) is 3.89. The summed E-state index contributed by atoms with van der Waals surface area (Å²) in [5.74, 6) is 1.96. The molecule has 2 aromatic rings. The van der Waals surface area contributed by atoms with E-state index in [4.69, 9.17) is 14.7 Å². The van der Waals surface area contributed by atoms with Gasteiger partial charge in [0.15, 0.2) is 0 Å². The van der Waals surface area contributed by atoms with Crippen molar-refractivity contribution in [1.29, 1.82) is 0 Å². The molecule has 0 amide bonds. The number of aryl methyl sites for hydroxylation is 2. The van der Waals surface area contributed by atoms with Gasteiger partial charge in [0, 0.05) is 41.8 Å². The summed E-state index contributed by atoms with van der Waals surface area (Å²) < 4.78 is 5.53. The zero-order valence-corrected chi connectivity index (χ0v) is 17.0. The molecule has 4 heteroatoms. The molecule has 3 rings (SSSR count). The van der Waals surface area contributed by atoms with Gasteiger partial charge in [-0.2, -0.15) is 0 Å². The molecule has 1 aliphatic heterocycles. The highest BCUT2D eigenvalue weighted by Crippen LogP contribution is 2.38. The monoisotopic (exact) mass is 353 g/mol. The molecule has 0 N–H and O–H groups in total. The van der Waals surface area contributed by atoms with Gasteiger partial charge in [-0.3, -0.25) is 4.98 Å². The van der Waals surface area contributed by atoms with E-state index in [0.29, 0.717) is 11.8 Å². The van der Waals surface area contributed by atoms with Crippen LogP contribution >= 0.6 is 0 Å². The number of hydrogen-bond acceptors (Lipinski definition) is 4. The average molecular weight is 354 g/mol. The van der Waals surface area contributed by atoms with Crippen LogP contribution in [0.25, 0.3) is 11.1 Å². The van der Waals surface area contributed by atoms with Crippen LogP contribution in [0.3, 0.4) is 0 Å². The summed E-state index contributed by atoms with van der Waals surface area (Å²) >= 11 is 0. The second kappa shape index (κ2) is 7.75. The van der Waals surface area contributed by atoms with Crippen molar-refractivity contribution in [3.8, 4) is 11.1 Å². The Morgan fingerprint density at radius 3 is 2.27 bits per heavy atom. The van der Waals surface area contributed by atoms with Crippen LogP contribution in [0.2, 0.25) is 0 Å². The zero-order valence-electron chi connectivity index (χ0n) is 17.0. The number of anilines is 1. The van der Waals surface area contributed by atoms with Crippen molar-refractivity contribution in [1.82, 2.24) is 9.97 Å². The number of aromatic nitrogens is 2. The first kappa shape index (κ1) is 18.8. The number of ether oxygens (including phenoxy) is 1. The van der Waals surface area contributed by atoms with E-state index in [-0.39, 0.29) is 0 Å². The zero-order chi connectivity index (χ0) is 18.8. The second-order valence-corrected chi connectivity index (χ2v) is 7.80. The normalized spacial score (nSPS) is 15.2. The van der Waals surface area contributed by atoms with Crippen LogP contribution in [0.15, 0.2) is 18.3 Å². The maximum Gasteiger partial charge on any atom is 0.132 e. The van der Waals surface area contributed by atoms with Gasteiger partial charge >= 0.3 is 0 Å². The van der Waals surface area contributed by atoms with Gasteiger partial charge in [0.05, 0.1) is 13.2 Å². The van der Waals surface area contributed by atoms with E-state index >= 15 is 0 Å². The predicted molar refractivity (Wildman–Crippen MR) is 108 cm³/mol. The minimum atomic E-state index is 0.389. The van der Waals surface area contributed by atoms with Crippen molar-refractivity contribution < 1.29 is 4.74 Å². The highest BCUT2D eigenvalue weighted by molar-refractivity contribution is 5.75. The summed E-state index contributed by atoms with van der Waals surface area (Å²) in [6, 6.07) is 4.50. The smallest absolute Gasteiger partial charge is 0.132 e. The fourth-order valence-electron chi connectivity index (χ4n) is 3.89. The number of nitrogens with zero attached hydrogens (tertiary/aromatic N) is 3. The Hall–Kier alpha value is -1.94. The van der Waals surface area contributed by atoms with Gasteiger partial charge in [-0.1, -0.05) is 27.7 Å². The quantitative estimate of drug-likeness (QED) is 0.788. The summed E-state index contributed by atoms with van der Waals surface area (Å²) in [4.78, 5) is 12.0. The SMILES string of the molecule is Cc1nc(C)c(C(C)C)cc1-c1ccnc(N2CCOCC2)c1C(C)C. The minimum absolute atomic E-state index is 0.389. The van der Waals surface area contributed by atoms with Gasteiger partial charge in [-0.15, -0.1) is 0 Å². The lowest BCUT2D eigenvalue weighted by Gasteiger charge is -2.31. The molecule has 3 heterocycles. The molecule has 0 bridgehead atoms. The average Bonchev–Trinajstić information content (AvgIpc) is 2.61. The van der Waals surface area contributed by atoms with E-state index in [1.54, 1.807) is 0 Å². The lowest BCUT2D eigenvalue weighted by Crippen LogP contribution is -2.37. The predicted octanol–water partition coefficient (Wildman–Crippen LogP) is 4.84. The van der Waals surface area contributed by atoms with Crippen molar-refractivity contribution in [3.63, 3.8) is 0 Å². The van der Waals surface area contributed by atoms with E-state index in [2.05, 4.69) is 58.6 Å². The maximum atomic E-state index is 5.53. The van der Waals surface area contributed by atoms with Gasteiger partial charge in [0.2, 0.25) is 0 Å². The van der Waals surface area contributed by atoms with E-state index in [9.17, 15) is 0 Å². The Labute approximate surface area is 157 Å². The molecule has 0 spiro atoms. The minimum Gasteiger partial charge on any atom is -0.378 e. The van der Waals surface area contributed by atoms with Crippen molar-refractivity contribution in [3.05, 3.63) is 40.8 Å². The number of rotatable bonds is 4. The maximum absolute atomic E-state index is 5.53. The fraction of sp³-hybridized carbons (Fsp3) is 0.545. The Morgan fingerprint density at radius 2 is 1.65 bits per heavy atom. The molecule has 2 aromatic heterocycles. The van der Waals surface area contributed by atoms with Crippen LogP contribution in [0, 0.1) is 13.8 Å². The first-order valence-electron chi connectivity index (χ1n) is 9.70. The largest absolute Gasteiger partial charge is 0.378 e. The molecule has 0 unspecified atom stereocenters. The first-order chi connectivity index (χ1) is 12.4. The number of morpholine rings is 1. The van der Waals surface area contributed by atoms with Gasteiger partial charge in [0.25, 0.3) is 0 Å². The summed E-state index contributed by atoms with van der Waals surface area (Å²) in [6.45, 7) is 16.5. The summed E-state index contributed by atoms with van der Waals surface area (Å²) in [5.41, 5.74) is 7.37. The molecule has 26 heavy (non-hydrogen) atoms. The van der Waals surface area contributed by atoms with E-state index in [0.717, 1.165) is 43.5 Å². The topological polar surface area (TPSA) is 38.2 Å². The summed E-state index contributed by atoms with van der Waals surface area (Å²) in [5, 5.41) is 0. The third-order valence-corrected chi connectivity index (χ3v) is 5.21. The van der Waals surface area contributed by atoms with Gasteiger partial charge in [-0.05, 0) is 48.9 Å². The highest BCUT2D eigenvalue weighted by atomic mass is 16.5. The second-order valence-electron chi connectivity index (χ2n) is 7.80. The molecular formula is C22H31N3O. The third-order valence-electron chi connectivity index (χ3n) is 5.21. The Bertz CT molecular complexity index is 777. The molecule has 0 aliphatic carbocycles. The van der Waals surface area contributed by atoms with Crippen LogP contribution in [0.4, 0.5) is 5.82 Å². The molecule has 1 saturated heterocycles. The molecule has 0 radical (unpaired) electrons. The lowest BCUT2D eigenvalue weighted by atomic mass is 9.89. The van der Waals surface area contributed by atoms with Gasteiger partial charge in [-0.25, -0.2) is 4.98 Å². The van der Waals surface area contributed by atoms with Crippen LogP contribution in [0.1, 0.15) is 62.0 Å². The van der Waals surface area contributed by atoms with Crippen LogP contribution in [-0.2, 0) is 4.74 Å². The Morgan fingerprint density at radius 1 is 0.962 bits per heavy atom. The Balaban J connectivity index is 2.18. The standard InChI is InChI=1S/C22H31N3O/c1-14(2)19-13-20(17(6)24-16(19)5)18-7-8-23-22(21(18)15(3)4)25-9-11-26-12-10-25/h7-8,13-15H,9-12H2,1-6H3. The molecule has 140 valence electrons. The van der Waals surface area contributed by atoms with E-state index in [1.165, 1.54) is 22.3 Å². The molecule has 1 fully saturated rings. The molecular weight excluding hydrogens is 322 g/mol. The van der Waals surface area contributed by atoms with Crippen LogP contribution in [0.5, 0.6) is 0 Å². The van der Waals surface area contributed by atoms with Crippen molar-refractivity contribution in [2.24, 2.45) is 0 Å². The molecule has 0 atom stereocenters. The van der Waals surface area contributed by atoms with E-state index in [1.807, 2.05) is 6.20 Å².